The predicted octanol–water partition coefficient (Wildman–Crippen LogP) is 2.29. The van der Waals surface area contributed by atoms with E-state index in [0.29, 0.717) is 30.1 Å². The highest BCUT2D eigenvalue weighted by Gasteiger charge is 2.29. The number of rotatable bonds is 3. The second kappa shape index (κ2) is 7.61. The molecule has 28 heavy (non-hydrogen) atoms. The van der Waals surface area contributed by atoms with Gasteiger partial charge in [-0.1, -0.05) is 0 Å². The number of hydrogen-bond acceptors (Lipinski definition) is 7. The van der Waals surface area contributed by atoms with Crippen LogP contribution in [0, 0.1) is 6.92 Å². The molecule has 3 aliphatic heterocycles. The van der Waals surface area contributed by atoms with Crippen LogP contribution in [0.3, 0.4) is 0 Å². The van der Waals surface area contributed by atoms with Crippen LogP contribution in [0.15, 0.2) is 21.3 Å². The van der Waals surface area contributed by atoms with E-state index in [1.807, 2.05) is 24.8 Å². The third-order valence-corrected chi connectivity index (χ3v) is 6.83. The molecule has 4 heterocycles. The Kier molecular flexibility index (Phi) is 4.99. The van der Waals surface area contributed by atoms with Crippen LogP contribution in [0.5, 0.6) is 5.75 Å². The number of thioether (sulfide) groups is 1. The minimum absolute atomic E-state index is 0.0187. The lowest BCUT2D eigenvalue weighted by molar-refractivity contribution is 0.121. The lowest BCUT2D eigenvalue weighted by atomic mass is 10.0. The van der Waals surface area contributed by atoms with Gasteiger partial charge in [-0.15, -0.1) is 0 Å². The Bertz CT molecular complexity index is 932. The van der Waals surface area contributed by atoms with Crippen molar-refractivity contribution in [2.24, 2.45) is 0 Å². The van der Waals surface area contributed by atoms with E-state index in [9.17, 15) is 4.79 Å². The summed E-state index contributed by atoms with van der Waals surface area (Å²) >= 11 is 2.02. The number of hydrogen-bond donors (Lipinski definition) is 0. The Balaban J connectivity index is 1.45. The van der Waals surface area contributed by atoms with Gasteiger partial charge in [0.05, 0.1) is 18.6 Å². The molecule has 0 bridgehead atoms. The van der Waals surface area contributed by atoms with Crippen LogP contribution in [0.25, 0.3) is 11.0 Å². The Labute approximate surface area is 168 Å². The first kappa shape index (κ1) is 18.3. The van der Waals surface area contributed by atoms with Gasteiger partial charge >= 0.3 is 0 Å². The zero-order chi connectivity index (χ0) is 19.1. The van der Waals surface area contributed by atoms with E-state index in [4.69, 9.17) is 13.9 Å². The maximum Gasteiger partial charge on any atom is 0.200 e. The lowest BCUT2D eigenvalue weighted by Gasteiger charge is -2.28. The van der Waals surface area contributed by atoms with Gasteiger partial charge in [0.2, 0.25) is 0 Å². The van der Waals surface area contributed by atoms with Crippen molar-refractivity contribution in [2.45, 2.75) is 19.4 Å². The second-order valence-corrected chi connectivity index (χ2v) is 9.00. The summed E-state index contributed by atoms with van der Waals surface area (Å²) in [6.07, 6.45) is 1.02. The summed E-state index contributed by atoms with van der Waals surface area (Å²) in [5, 5.41) is 0.659. The van der Waals surface area contributed by atoms with Crippen LogP contribution in [0.1, 0.15) is 11.1 Å². The van der Waals surface area contributed by atoms with Crippen LogP contribution in [0.4, 0.5) is 5.88 Å². The Hall–Kier alpha value is -1.70. The first-order valence-corrected chi connectivity index (χ1v) is 11.2. The summed E-state index contributed by atoms with van der Waals surface area (Å²) in [7, 11) is 0. The SMILES string of the molecule is Cc1c2c(cc3c(=O)cc(N4CCOCC4)oc13)CC(CN1CCSCC1)O2. The molecule has 0 amide bonds. The maximum atomic E-state index is 12.8. The average molecular weight is 403 g/mol. The maximum absolute atomic E-state index is 12.8. The van der Waals surface area contributed by atoms with Gasteiger partial charge in [-0.05, 0) is 18.6 Å². The molecule has 6 nitrogen and oxygen atoms in total. The molecule has 1 aromatic carbocycles. The molecule has 1 atom stereocenters. The van der Waals surface area contributed by atoms with Crippen molar-refractivity contribution in [2.75, 3.05) is 62.3 Å². The van der Waals surface area contributed by atoms with Crippen molar-refractivity contribution in [1.82, 2.24) is 4.90 Å². The second-order valence-electron chi connectivity index (χ2n) is 7.77. The molecule has 0 spiro atoms. The Morgan fingerprint density at radius 2 is 1.93 bits per heavy atom. The van der Waals surface area contributed by atoms with E-state index in [1.165, 1.54) is 11.5 Å². The van der Waals surface area contributed by atoms with E-state index in [1.54, 1.807) is 6.07 Å². The van der Waals surface area contributed by atoms with Gasteiger partial charge in [0, 0.05) is 62.3 Å². The molecule has 2 fully saturated rings. The zero-order valence-corrected chi connectivity index (χ0v) is 17.1. The number of nitrogens with zero attached hydrogens (tertiary/aromatic N) is 2. The fraction of sp³-hybridized carbons (Fsp3) is 0.571. The molecule has 2 aromatic rings. The van der Waals surface area contributed by atoms with E-state index in [0.717, 1.165) is 56.0 Å². The molecule has 150 valence electrons. The summed E-state index contributed by atoms with van der Waals surface area (Å²) in [4.78, 5) is 17.4. The van der Waals surface area contributed by atoms with Crippen LogP contribution < -0.4 is 15.1 Å². The highest BCUT2D eigenvalue weighted by Crippen LogP contribution is 2.38. The number of anilines is 1. The molecule has 5 rings (SSSR count). The summed E-state index contributed by atoms with van der Waals surface area (Å²) in [6, 6.07) is 3.61. The molecular formula is C21H26N2O4S. The van der Waals surface area contributed by atoms with Crippen molar-refractivity contribution < 1.29 is 13.9 Å². The smallest absolute Gasteiger partial charge is 0.200 e. The third kappa shape index (κ3) is 3.40. The first-order valence-electron chi connectivity index (χ1n) is 10.1. The lowest BCUT2D eigenvalue weighted by Crippen LogP contribution is -2.39. The van der Waals surface area contributed by atoms with Gasteiger partial charge in [0.15, 0.2) is 11.3 Å². The van der Waals surface area contributed by atoms with Crippen LogP contribution in [0.2, 0.25) is 0 Å². The standard InChI is InChI=1S/C21H26N2O4S/c1-14-20-15(10-16(26-20)13-22-4-8-28-9-5-22)11-17-18(24)12-19(27-21(14)17)23-2-6-25-7-3-23/h11-12,16H,2-10,13H2,1H3. The number of fused-ring (bicyclic) bond motifs is 2. The summed E-state index contributed by atoms with van der Waals surface area (Å²) in [5.74, 6) is 3.94. The molecule has 0 saturated carbocycles. The molecule has 2 saturated heterocycles. The highest BCUT2D eigenvalue weighted by molar-refractivity contribution is 7.99. The van der Waals surface area contributed by atoms with E-state index < -0.39 is 0 Å². The molecule has 1 unspecified atom stereocenters. The average Bonchev–Trinajstić information content (AvgIpc) is 3.13. The predicted molar refractivity (Wildman–Crippen MR) is 112 cm³/mol. The van der Waals surface area contributed by atoms with Crippen molar-refractivity contribution in [3.63, 3.8) is 0 Å². The van der Waals surface area contributed by atoms with Crippen LogP contribution in [-0.2, 0) is 11.2 Å². The molecule has 3 aliphatic rings. The third-order valence-electron chi connectivity index (χ3n) is 5.88. The largest absolute Gasteiger partial charge is 0.488 e. The Morgan fingerprint density at radius 3 is 2.71 bits per heavy atom. The van der Waals surface area contributed by atoms with E-state index >= 15 is 0 Å². The number of ether oxygens (including phenoxy) is 2. The quantitative estimate of drug-likeness (QED) is 0.781. The fourth-order valence-corrected chi connectivity index (χ4v) is 5.35. The normalized spacial score (nSPS) is 23.0. The molecule has 0 aliphatic carbocycles. The van der Waals surface area contributed by atoms with Crippen molar-refractivity contribution in [1.29, 1.82) is 0 Å². The van der Waals surface area contributed by atoms with E-state index in [-0.39, 0.29) is 11.5 Å². The minimum atomic E-state index is 0.0187. The zero-order valence-electron chi connectivity index (χ0n) is 16.2. The number of aryl methyl sites for hydroxylation is 1. The van der Waals surface area contributed by atoms with Gasteiger partial charge in [0.25, 0.3) is 0 Å². The minimum Gasteiger partial charge on any atom is -0.488 e. The fourth-order valence-electron chi connectivity index (χ4n) is 4.37. The van der Waals surface area contributed by atoms with Gasteiger partial charge in [-0.3, -0.25) is 9.69 Å². The molecule has 0 radical (unpaired) electrons. The Morgan fingerprint density at radius 1 is 1.14 bits per heavy atom. The van der Waals surface area contributed by atoms with Gasteiger partial charge < -0.3 is 18.8 Å². The van der Waals surface area contributed by atoms with Gasteiger partial charge in [0.1, 0.15) is 17.4 Å². The summed E-state index contributed by atoms with van der Waals surface area (Å²) in [5.41, 5.74) is 2.75. The molecule has 7 heteroatoms. The number of morpholine rings is 1. The molecule has 1 aromatic heterocycles. The van der Waals surface area contributed by atoms with Gasteiger partial charge in [-0.25, -0.2) is 0 Å². The molecule has 0 N–H and O–H groups in total. The molecular weight excluding hydrogens is 376 g/mol. The van der Waals surface area contributed by atoms with E-state index in [2.05, 4.69) is 9.80 Å². The number of benzene rings is 1. The summed E-state index contributed by atoms with van der Waals surface area (Å²) in [6.45, 7) is 8.01. The van der Waals surface area contributed by atoms with Crippen molar-refractivity contribution in [3.05, 3.63) is 33.5 Å². The topological polar surface area (TPSA) is 55.2 Å². The van der Waals surface area contributed by atoms with Crippen LogP contribution >= 0.6 is 11.8 Å². The first-order chi connectivity index (χ1) is 13.7. The monoisotopic (exact) mass is 402 g/mol. The van der Waals surface area contributed by atoms with Crippen molar-refractivity contribution in [3.8, 4) is 5.75 Å². The highest BCUT2D eigenvalue weighted by atomic mass is 32.2. The van der Waals surface area contributed by atoms with Crippen molar-refractivity contribution >= 4 is 28.6 Å². The van der Waals surface area contributed by atoms with Gasteiger partial charge in [-0.2, -0.15) is 11.8 Å². The van der Waals surface area contributed by atoms with Crippen LogP contribution in [-0.4, -0.2) is 68.4 Å². The summed E-state index contributed by atoms with van der Waals surface area (Å²) < 4.78 is 17.9.